The van der Waals surface area contributed by atoms with Gasteiger partial charge in [0.1, 0.15) is 6.54 Å². The Balaban J connectivity index is 2.46. The molecule has 0 spiro atoms. The minimum atomic E-state index is -3.94. The smallest absolute Gasteiger partial charge is 0.326 e. The van der Waals surface area contributed by atoms with E-state index in [-0.39, 0.29) is 11.5 Å². The fourth-order valence-corrected chi connectivity index (χ4v) is 4.14. The second-order valence-corrected chi connectivity index (χ2v) is 8.15. The van der Waals surface area contributed by atoms with Gasteiger partial charge in [-0.05, 0) is 55.6 Å². The molecule has 2 rings (SSSR count). The number of benzene rings is 2. The summed E-state index contributed by atoms with van der Waals surface area (Å²) in [7, 11) is -3.94. The summed E-state index contributed by atoms with van der Waals surface area (Å²) < 4.78 is 32.0. The van der Waals surface area contributed by atoms with Gasteiger partial charge in [0.05, 0.1) is 17.2 Å². The lowest BCUT2D eigenvalue weighted by Crippen LogP contribution is -2.36. The fourth-order valence-electron chi connectivity index (χ4n) is 2.15. The van der Waals surface area contributed by atoms with Crippen molar-refractivity contribution < 1.29 is 17.9 Å². The van der Waals surface area contributed by atoms with Gasteiger partial charge in [-0.2, -0.15) is 0 Å². The SMILES string of the molecule is CCOC(=O)CN(c1cccc(Cl)c1)S(=O)(=O)c1ccc(SC)cc1. The highest BCUT2D eigenvalue weighted by atomic mass is 35.5. The van der Waals surface area contributed by atoms with Crippen LogP contribution in [0.4, 0.5) is 5.69 Å². The molecule has 134 valence electrons. The number of anilines is 1. The Hall–Kier alpha value is -1.70. The number of ether oxygens (including phenoxy) is 1. The number of rotatable bonds is 7. The molecule has 0 atom stereocenters. The van der Waals surface area contributed by atoms with E-state index in [0.29, 0.717) is 10.7 Å². The predicted octanol–water partition coefficient (Wildman–Crippen LogP) is 3.82. The minimum Gasteiger partial charge on any atom is -0.465 e. The lowest BCUT2D eigenvalue weighted by Gasteiger charge is -2.23. The highest BCUT2D eigenvalue weighted by Gasteiger charge is 2.27. The molecular weight excluding hydrogens is 382 g/mol. The van der Waals surface area contributed by atoms with E-state index in [0.717, 1.165) is 9.20 Å². The Morgan fingerprint density at radius 1 is 1.20 bits per heavy atom. The first-order valence-corrected chi connectivity index (χ1v) is 10.5. The molecule has 0 bridgehead atoms. The van der Waals surface area contributed by atoms with Gasteiger partial charge in [0.2, 0.25) is 0 Å². The van der Waals surface area contributed by atoms with Crippen LogP contribution in [0.5, 0.6) is 0 Å². The summed E-state index contributed by atoms with van der Waals surface area (Å²) in [6.07, 6.45) is 1.91. The van der Waals surface area contributed by atoms with Crippen molar-refractivity contribution in [3.63, 3.8) is 0 Å². The third-order valence-corrected chi connectivity index (χ3v) is 6.09. The first-order chi connectivity index (χ1) is 11.9. The molecule has 8 heteroatoms. The van der Waals surface area contributed by atoms with Gasteiger partial charge in [0, 0.05) is 9.92 Å². The lowest BCUT2D eigenvalue weighted by atomic mass is 10.3. The summed E-state index contributed by atoms with van der Waals surface area (Å²) in [6, 6.07) is 12.8. The zero-order chi connectivity index (χ0) is 18.4. The van der Waals surface area contributed by atoms with Crippen LogP contribution in [0.2, 0.25) is 5.02 Å². The zero-order valence-electron chi connectivity index (χ0n) is 13.8. The van der Waals surface area contributed by atoms with Gasteiger partial charge in [0.25, 0.3) is 10.0 Å². The molecule has 0 saturated carbocycles. The number of nitrogens with zero attached hydrogens (tertiary/aromatic N) is 1. The second kappa shape index (κ2) is 8.60. The number of carbonyl (C=O) groups is 1. The van der Waals surface area contributed by atoms with Gasteiger partial charge in [-0.25, -0.2) is 8.42 Å². The Kier molecular flexibility index (Phi) is 6.75. The van der Waals surface area contributed by atoms with Gasteiger partial charge in [-0.3, -0.25) is 9.10 Å². The summed E-state index contributed by atoms with van der Waals surface area (Å²) in [5, 5.41) is 0.374. The highest BCUT2D eigenvalue weighted by molar-refractivity contribution is 7.98. The van der Waals surface area contributed by atoms with Crippen molar-refractivity contribution in [2.24, 2.45) is 0 Å². The largest absolute Gasteiger partial charge is 0.465 e. The molecule has 2 aromatic rings. The first-order valence-electron chi connectivity index (χ1n) is 7.46. The van der Waals surface area contributed by atoms with Gasteiger partial charge in [-0.15, -0.1) is 11.8 Å². The van der Waals surface area contributed by atoms with Crippen molar-refractivity contribution in [1.29, 1.82) is 0 Å². The molecule has 0 fully saturated rings. The monoisotopic (exact) mass is 399 g/mol. The van der Waals surface area contributed by atoms with E-state index in [1.54, 1.807) is 37.3 Å². The number of esters is 1. The number of halogens is 1. The van der Waals surface area contributed by atoms with E-state index >= 15 is 0 Å². The van der Waals surface area contributed by atoms with E-state index < -0.39 is 22.5 Å². The molecule has 25 heavy (non-hydrogen) atoms. The quantitative estimate of drug-likeness (QED) is 0.523. The molecule has 2 aromatic carbocycles. The van der Waals surface area contributed by atoms with Crippen LogP contribution in [0.15, 0.2) is 58.3 Å². The molecule has 0 N–H and O–H groups in total. The van der Waals surface area contributed by atoms with Gasteiger partial charge in [0.15, 0.2) is 0 Å². The van der Waals surface area contributed by atoms with Crippen LogP contribution >= 0.6 is 23.4 Å². The third kappa shape index (κ3) is 4.90. The average molecular weight is 400 g/mol. The Bertz CT molecular complexity index is 838. The summed E-state index contributed by atoms with van der Waals surface area (Å²) in [6.45, 7) is 1.41. The Morgan fingerprint density at radius 3 is 2.44 bits per heavy atom. The van der Waals surface area contributed by atoms with E-state index in [2.05, 4.69) is 0 Å². The van der Waals surface area contributed by atoms with Gasteiger partial charge in [-0.1, -0.05) is 17.7 Å². The summed E-state index contributed by atoms with van der Waals surface area (Å²) >= 11 is 7.49. The van der Waals surface area contributed by atoms with Crippen LogP contribution in [0.1, 0.15) is 6.92 Å². The zero-order valence-corrected chi connectivity index (χ0v) is 16.2. The normalized spacial score (nSPS) is 11.2. The molecule has 0 aliphatic heterocycles. The van der Waals surface area contributed by atoms with Crippen LogP contribution in [0, 0.1) is 0 Å². The van der Waals surface area contributed by atoms with Gasteiger partial charge >= 0.3 is 5.97 Å². The molecule has 0 aromatic heterocycles. The second-order valence-electron chi connectivity index (χ2n) is 4.97. The molecule has 0 saturated heterocycles. The van der Waals surface area contributed by atoms with Crippen molar-refractivity contribution in [2.45, 2.75) is 16.7 Å². The van der Waals surface area contributed by atoms with E-state index in [4.69, 9.17) is 16.3 Å². The van der Waals surface area contributed by atoms with Crippen LogP contribution < -0.4 is 4.31 Å². The van der Waals surface area contributed by atoms with Crippen LogP contribution in [0.3, 0.4) is 0 Å². The summed E-state index contributed by atoms with van der Waals surface area (Å²) in [4.78, 5) is 13.0. The fraction of sp³-hybridized carbons (Fsp3) is 0.235. The predicted molar refractivity (Wildman–Crippen MR) is 101 cm³/mol. The third-order valence-electron chi connectivity index (χ3n) is 3.32. The number of carbonyl (C=O) groups excluding carboxylic acids is 1. The van der Waals surface area contributed by atoms with Crippen molar-refractivity contribution in [2.75, 3.05) is 23.7 Å². The molecule has 0 aliphatic carbocycles. The number of thioether (sulfide) groups is 1. The molecule has 0 heterocycles. The standard InChI is InChI=1S/C17H18ClNO4S2/c1-3-23-17(20)12-19(14-6-4-5-13(18)11-14)25(21,22)16-9-7-15(24-2)8-10-16/h4-11H,3,12H2,1-2H3. The molecule has 0 unspecified atom stereocenters. The molecule has 0 aliphatic rings. The van der Waals surface area contributed by atoms with Crippen LogP contribution in [-0.2, 0) is 19.6 Å². The molecule has 0 amide bonds. The topological polar surface area (TPSA) is 63.7 Å². The summed E-state index contributed by atoms with van der Waals surface area (Å²) in [5.41, 5.74) is 0.300. The Morgan fingerprint density at radius 2 is 1.88 bits per heavy atom. The highest BCUT2D eigenvalue weighted by Crippen LogP contribution is 2.27. The summed E-state index contributed by atoms with van der Waals surface area (Å²) in [5.74, 6) is -0.633. The lowest BCUT2D eigenvalue weighted by molar-refractivity contribution is -0.141. The van der Waals surface area contributed by atoms with Crippen molar-refractivity contribution >= 4 is 45.0 Å². The molecule has 0 radical (unpaired) electrons. The van der Waals surface area contributed by atoms with Crippen LogP contribution in [0.25, 0.3) is 0 Å². The maximum atomic E-state index is 13.1. The van der Waals surface area contributed by atoms with E-state index in [9.17, 15) is 13.2 Å². The maximum Gasteiger partial charge on any atom is 0.326 e. The number of sulfonamides is 1. The maximum absolute atomic E-state index is 13.1. The van der Waals surface area contributed by atoms with Crippen molar-refractivity contribution in [1.82, 2.24) is 0 Å². The number of hydrogen-bond donors (Lipinski definition) is 0. The first kappa shape index (κ1) is 19.6. The minimum absolute atomic E-state index is 0.0922. The van der Waals surface area contributed by atoms with Gasteiger partial charge < -0.3 is 4.74 Å². The number of hydrogen-bond acceptors (Lipinski definition) is 5. The molecular formula is C17H18ClNO4S2. The molecule has 5 nitrogen and oxygen atoms in total. The van der Waals surface area contributed by atoms with Crippen molar-refractivity contribution in [3.8, 4) is 0 Å². The van der Waals surface area contributed by atoms with Crippen LogP contribution in [-0.4, -0.2) is 33.8 Å². The van der Waals surface area contributed by atoms with Crippen molar-refractivity contribution in [3.05, 3.63) is 53.6 Å². The van der Waals surface area contributed by atoms with E-state index in [1.807, 2.05) is 6.26 Å². The Labute approximate surface area is 157 Å². The van der Waals surface area contributed by atoms with E-state index in [1.165, 1.54) is 30.0 Å². The average Bonchev–Trinajstić information content (AvgIpc) is 2.60.